The van der Waals surface area contributed by atoms with E-state index >= 15 is 0 Å². The van der Waals surface area contributed by atoms with Gasteiger partial charge in [0.1, 0.15) is 12.2 Å². The molecule has 0 saturated heterocycles. The minimum atomic E-state index is -0.995. The van der Waals surface area contributed by atoms with E-state index in [-0.39, 0.29) is 0 Å². The second-order valence-electron chi connectivity index (χ2n) is 3.31. The summed E-state index contributed by atoms with van der Waals surface area (Å²) in [6.45, 7) is 1.55. The van der Waals surface area contributed by atoms with E-state index in [2.05, 4.69) is 0 Å². The lowest BCUT2D eigenvalue weighted by molar-refractivity contribution is -0.147. The highest BCUT2D eigenvalue weighted by Crippen LogP contribution is 2.13. The van der Waals surface area contributed by atoms with Crippen LogP contribution in [0.4, 0.5) is 0 Å². The molecule has 1 aliphatic heterocycles. The standard InChI is InChI=1S/C10H13ClO4/c1-6-10(14)8(11)4-2-7(12)3-5-9(13)15-6/h2-8,10,12,14H,1H3/b4-2-,5-3-/t6-,7-,8+,10+/m1/s1. The highest BCUT2D eigenvalue weighted by atomic mass is 35.5. The van der Waals surface area contributed by atoms with Gasteiger partial charge in [-0.15, -0.1) is 11.6 Å². The van der Waals surface area contributed by atoms with Crippen molar-refractivity contribution in [1.29, 1.82) is 0 Å². The molecule has 0 aromatic carbocycles. The summed E-state index contributed by atoms with van der Waals surface area (Å²) in [5.74, 6) is -0.611. The van der Waals surface area contributed by atoms with Gasteiger partial charge in [0.15, 0.2) is 0 Å². The van der Waals surface area contributed by atoms with Gasteiger partial charge < -0.3 is 14.9 Å². The summed E-state index contributed by atoms with van der Waals surface area (Å²) in [7, 11) is 0. The minimum absolute atomic E-state index is 0.611. The third-order valence-electron chi connectivity index (χ3n) is 2.03. The van der Waals surface area contributed by atoms with Crippen LogP contribution in [0, 0.1) is 0 Å². The van der Waals surface area contributed by atoms with Gasteiger partial charge in [0.05, 0.1) is 11.5 Å². The van der Waals surface area contributed by atoms with Crippen LogP contribution in [0.5, 0.6) is 0 Å². The van der Waals surface area contributed by atoms with E-state index in [4.69, 9.17) is 16.3 Å². The number of aliphatic hydroxyl groups excluding tert-OH is 2. The van der Waals surface area contributed by atoms with Crippen LogP contribution in [0.1, 0.15) is 6.92 Å². The van der Waals surface area contributed by atoms with Crippen LogP contribution in [-0.4, -0.2) is 39.9 Å². The summed E-state index contributed by atoms with van der Waals surface area (Å²) in [5.41, 5.74) is 0. The zero-order chi connectivity index (χ0) is 11.4. The Hall–Kier alpha value is -0.840. The Bertz CT molecular complexity index is 287. The Morgan fingerprint density at radius 3 is 2.67 bits per heavy atom. The SMILES string of the molecule is C[C@H]1OC(=O)/C=C\[C@H](O)/C=C\[C@H](Cl)[C@H]1O. The molecule has 0 spiro atoms. The van der Waals surface area contributed by atoms with Crippen molar-refractivity contribution in [3.05, 3.63) is 24.3 Å². The van der Waals surface area contributed by atoms with Gasteiger partial charge in [0, 0.05) is 6.08 Å². The number of halogens is 1. The fraction of sp³-hybridized carbons (Fsp3) is 0.500. The number of cyclic esters (lactones) is 1. The van der Waals surface area contributed by atoms with E-state index in [1.807, 2.05) is 0 Å². The number of esters is 1. The number of carbonyl (C=O) groups excluding carboxylic acids is 1. The molecular formula is C10H13ClO4. The summed E-state index contributed by atoms with van der Waals surface area (Å²) in [4.78, 5) is 11.1. The first-order valence-corrected chi connectivity index (χ1v) is 5.01. The van der Waals surface area contributed by atoms with Crippen LogP contribution in [-0.2, 0) is 9.53 Å². The van der Waals surface area contributed by atoms with E-state index in [0.717, 1.165) is 6.08 Å². The number of carbonyl (C=O) groups is 1. The van der Waals surface area contributed by atoms with Crippen molar-refractivity contribution >= 4 is 17.6 Å². The molecule has 0 unspecified atom stereocenters. The van der Waals surface area contributed by atoms with E-state index in [1.165, 1.54) is 18.2 Å². The molecule has 15 heavy (non-hydrogen) atoms. The molecule has 0 radical (unpaired) electrons. The first-order chi connectivity index (χ1) is 7.00. The Balaban J connectivity index is 2.84. The predicted octanol–water partition coefficient (Wildman–Crippen LogP) is 0.373. The molecule has 0 aromatic heterocycles. The average molecular weight is 233 g/mol. The first kappa shape index (κ1) is 12.2. The van der Waals surface area contributed by atoms with Crippen molar-refractivity contribution in [3.63, 3.8) is 0 Å². The highest BCUT2D eigenvalue weighted by molar-refractivity contribution is 6.22. The zero-order valence-corrected chi connectivity index (χ0v) is 8.96. The average Bonchev–Trinajstić information content (AvgIpc) is 2.20. The number of hydrogen-bond acceptors (Lipinski definition) is 4. The smallest absolute Gasteiger partial charge is 0.330 e. The molecule has 0 aliphatic carbocycles. The van der Waals surface area contributed by atoms with Gasteiger partial charge in [0.25, 0.3) is 0 Å². The second-order valence-corrected chi connectivity index (χ2v) is 3.82. The van der Waals surface area contributed by atoms with Crippen molar-refractivity contribution in [3.8, 4) is 0 Å². The van der Waals surface area contributed by atoms with Crippen molar-refractivity contribution in [2.24, 2.45) is 0 Å². The summed E-state index contributed by atoms with van der Waals surface area (Å²) < 4.78 is 4.85. The predicted molar refractivity (Wildman–Crippen MR) is 55.5 cm³/mol. The Morgan fingerprint density at radius 2 is 2.00 bits per heavy atom. The summed E-state index contributed by atoms with van der Waals surface area (Å²) in [6, 6.07) is 0. The lowest BCUT2D eigenvalue weighted by Crippen LogP contribution is -2.35. The van der Waals surface area contributed by atoms with Gasteiger partial charge >= 0.3 is 5.97 Å². The number of hydrogen-bond donors (Lipinski definition) is 2. The second kappa shape index (κ2) is 5.30. The maximum Gasteiger partial charge on any atom is 0.330 e. The van der Waals surface area contributed by atoms with Crippen LogP contribution in [0.15, 0.2) is 24.3 Å². The zero-order valence-electron chi connectivity index (χ0n) is 8.21. The third kappa shape index (κ3) is 3.66. The molecule has 1 aliphatic rings. The van der Waals surface area contributed by atoms with Gasteiger partial charge in [-0.1, -0.05) is 12.2 Å². The van der Waals surface area contributed by atoms with Gasteiger partial charge in [-0.25, -0.2) is 4.79 Å². The Kier molecular flexibility index (Phi) is 4.32. The first-order valence-electron chi connectivity index (χ1n) is 4.58. The van der Waals surface area contributed by atoms with Gasteiger partial charge in [-0.3, -0.25) is 0 Å². The van der Waals surface area contributed by atoms with Crippen LogP contribution in [0.3, 0.4) is 0 Å². The lowest BCUT2D eigenvalue weighted by Gasteiger charge is -2.21. The topological polar surface area (TPSA) is 66.8 Å². The van der Waals surface area contributed by atoms with Crippen molar-refractivity contribution in [2.45, 2.75) is 30.6 Å². The van der Waals surface area contributed by atoms with Crippen LogP contribution in [0.25, 0.3) is 0 Å². The largest absolute Gasteiger partial charge is 0.457 e. The molecule has 5 heteroatoms. The number of alkyl halides is 1. The minimum Gasteiger partial charge on any atom is -0.457 e. The Labute approximate surface area is 92.8 Å². The fourth-order valence-corrected chi connectivity index (χ4v) is 1.42. The molecule has 84 valence electrons. The maximum atomic E-state index is 11.1. The van der Waals surface area contributed by atoms with Crippen LogP contribution >= 0.6 is 11.6 Å². The lowest BCUT2D eigenvalue weighted by atomic mass is 10.1. The molecule has 0 bridgehead atoms. The quantitative estimate of drug-likeness (QED) is 0.360. The summed E-state index contributed by atoms with van der Waals surface area (Å²) >= 11 is 5.81. The Morgan fingerprint density at radius 1 is 1.33 bits per heavy atom. The maximum absolute atomic E-state index is 11.1. The van der Waals surface area contributed by atoms with E-state index in [9.17, 15) is 15.0 Å². The number of ether oxygens (including phenoxy) is 1. The normalized spacial score (nSPS) is 41.7. The molecular weight excluding hydrogens is 220 g/mol. The molecule has 2 N–H and O–H groups in total. The molecule has 1 rings (SSSR count). The van der Waals surface area contributed by atoms with Crippen LogP contribution in [0.2, 0.25) is 0 Å². The van der Waals surface area contributed by atoms with Crippen molar-refractivity contribution < 1.29 is 19.7 Å². The number of aliphatic hydroxyl groups is 2. The van der Waals surface area contributed by atoms with E-state index in [0.29, 0.717) is 0 Å². The molecule has 0 amide bonds. The van der Waals surface area contributed by atoms with Gasteiger partial charge in [-0.05, 0) is 13.0 Å². The highest BCUT2D eigenvalue weighted by Gasteiger charge is 2.24. The van der Waals surface area contributed by atoms with Crippen molar-refractivity contribution in [2.75, 3.05) is 0 Å². The molecule has 0 fully saturated rings. The van der Waals surface area contributed by atoms with E-state index < -0.39 is 29.7 Å². The summed E-state index contributed by atoms with van der Waals surface area (Å²) in [6.07, 6.45) is 2.69. The van der Waals surface area contributed by atoms with Gasteiger partial charge in [0.2, 0.25) is 0 Å². The summed E-state index contributed by atoms with van der Waals surface area (Å²) in [5, 5.41) is 18.2. The fourth-order valence-electron chi connectivity index (χ4n) is 1.13. The molecule has 0 saturated carbocycles. The number of rotatable bonds is 0. The molecule has 4 nitrogen and oxygen atoms in total. The van der Waals surface area contributed by atoms with Crippen LogP contribution < -0.4 is 0 Å². The molecule has 1 heterocycles. The third-order valence-corrected chi connectivity index (χ3v) is 2.43. The van der Waals surface area contributed by atoms with Crippen molar-refractivity contribution in [1.82, 2.24) is 0 Å². The monoisotopic (exact) mass is 232 g/mol. The molecule has 0 aromatic rings. The molecule has 4 atom stereocenters. The van der Waals surface area contributed by atoms with Gasteiger partial charge in [-0.2, -0.15) is 0 Å². The van der Waals surface area contributed by atoms with E-state index in [1.54, 1.807) is 6.92 Å².